The SMILES string of the molecule is C=C(c1ccccc1C)n1cccn1. The number of hydrogen-bond donors (Lipinski definition) is 0. The molecule has 1 aromatic heterocycles. The standard InChI is InChI=1S/C12H12N2/c1-10-6-3-4-7-12(10)11(2)14-9-5-8-13-14/h3-9H,2H2,1H3. The monoisotopic (exact) mass is 184 g/mol. The lowest BCUT2D eigenvalue weighted by Crippen LogP contribution is -1.99. The number of aryl methyl sites for hydroxylation is 1. The van der Waals surface area contributed by atoms with Crippen molar-refractivity contribution in [3.8, 4) is 0 Å². The summed E-state index contributed by atoms with van der Waals surface area (Å²) in [4.78, 5) is 0. The molecule has 0 amide bonds. The molecule has 0 aliphatic rings. The Morgan fingerprint density at radius 2 is 2.07 bits per heavy atom. The molecular weight excluding hydrogens is 172 g/mol. The average molecular weight is 184 g/mol. The van der Waals surface area contributed by atoms with Gasteiger partial charge in [-0.05, 0) is 18.6 Å². The van der Waals surface area contributed by atoms with Crippen LogP contribution in [0.4, 0.5) is 0 Å². The Bertz CT molecular complexity index is 441. The van der Waals surface area contributed by atoms with Gasteiger partial charge in [-0.3, -0.25) is 0 Å². The largest absolute Gasteiger partial charge is 0.241 e. The lowest BCUT2D eigenvalue weighted by molar-refractivity contribution is 0.905. The van der Waals surface area contributed by atoms with Crippen molar-refractivity contribution >= 4 is 5.70 Å². The van der Waals surface area contributed by atoms with E-state index in [-0.39, 0.29) is 0 Å². The molecule has 0 unspecified atom stereocenters. The molecule has 0 fully saturated rings. The van der Waals surface area contributed by atoms with Crippen molar-refractivity contribution in [2.75, 3.05) is 0 Å². The minimum atomic E-state index is 0.910. The van der Waals surface area contributed by atoms with Crippen molar-refractivity contribution < 1.29 is 0 Å². The molecule has 1 aromatic carbocycles. The Labute approximate surface area is 83.5 Å². The van der Waals surface area contributed by atoms with E-state index in [9.17, 15) is 0 Å². The third kappa shape index (κ3) is 1.46. The van der Waals surface area contributed by atoms with Crippen molar-refractivity contribution in [3.63, 3.8) is 0 Å². The highest BCUT2D eigenvalue weighted by molar-refractivity contribution is 5.65. The Balaban J connectivity index is 2.42. The molecule has 2 aromatic rings. The fourth-order valence-electron chi connectivity index (χ4n) is 1.45. The maximum atomic E-state index is 4.15. The maximum absolute atomic E-state index is 4.15. The Hall–Kier alpha value is -1.83. The smallest absolute Gasteiger partial charge is 0.0648 e. The second-order valence-electron chi connectivity index (χ2n) is 3.21. The first kappa shape index (κ1) is 8.75. The average Bonchev–Trinajstić information content (AvgIpc) is 2.70. The van der Waals surface area contributed by atoms with Gasteiger partial charge in [0.25, 0.3) is 0 Å². The van der Waals surface area contributed by atoms with Crippen LogP contribution in [0.5, 0.6) is 0 Å². The third-order valence-electron chi connectivity index (χ3n) is 2.24. The summed E-state index contributed by atoms with van der Waals surface area (Å²) in [5, 5.41) is 4.15. The van der Waals surface area contributed by atoms with E-state index in [1.807, 2.05) is 24.4 Å². The molecule has 70 valence electrons. The summed E-state index contributed by atoms with van der Waals surface area (Å²) in [7, 11) is 0. The summed E-state index contributed by atoms with van der Waals surface area (Å²) in [6, 6.07) is 10.1. The molecule has 0 radical (unpaired) electrons. The molecule has 0 saturated carbocycles. The van der Waals surface area contributed by atoms with Gasteiger partial charge in [-0.25, -0.2) is 4.68 Å². The fraction of sp³-hybridized carbons (Fsp3) is 0.0833. The third-order valence-corrected chi connectivity index (χ3v) is 2.24. The van der Waals surface area contributed by atoms with Crippen molar-refractivity contribution in [3.05, 3.63) is 60.4 Å². The molecular formula is C12H12N2. The molecule has 0 atom stereocenters. The van der Waals surface area contributed by atoms with Crippen LogP contribution in [0.15, 0.2) is 49.3 Å². The van der Waals surface area contributed by atoms with Crippen LogP contribution in [-0.4, -0.2) is 9.78 Å². The molecule has 0 aliphatic heterocycles. The molecule has 0 saturated heterocycles. The zero-order valence-corrected chi connectivity index (χ0v) is 8.14. The fourth-order valence-corrected chi connectivity index (χ4v) is 1.45. The van der Waals surface area contributed by atoms with E-state index in [0.717, 1.165) is 11.3 Å². The van der Waals surface area contributed by atoms with Gasteiger partial charge >= 0.3 is 0 Å². The van der Waals surface area contributed by atoms with Crippen LogP contribution in [0.25, 0.3) is 5.70 Å². The van der Waals surface area contributed by atoms with E-state index in [2.05, 4.69) is 30.7 Å². The van der Waals surface area contributed by atoms with E-state index in [4.69, 9.17) is 0 Å². The lowest BCUT2D eigenvalue weighted by atomic mass is 10.1. The van der Waals surface area contributed by atoms with Gasteiger partial charge in [-0.1, -0.05) is 30.8 Å². The second-order valence-corrected chi connectivity index (χ2v) is 3.21. The van der Waals surface area contributed by atoms with Gasteiger partial charge < -0.3 is 0 Å². The van der Waals surface area contributed by atoms with Crippen molar-refractivity contribution in [2.24, 2.45) is 0 Å². The number of nitrogens with zero attached hydrogens (tertiary/aromatic N) is 2. The Morgan fingerprint density at radius 3 is 2.71 bits per heavy atom. The van der Waals surface area contributed by atoms with Crippen LogP contribution in [-0.2, 0) is 0 Å². The molecule has 2 nitrogen and oxygen atoms in total. The zero-order valence-electron chi connectivity index (χ0n) is 8.14. The maximum Gasteiger partial charge on any atom is 0.0648 e. The summed E-state index contributed by atoms with van der Waals surface area (Å²) >= 11 is 0. The summed E-state index contributed by atoms with van der Waals surface area (Å²) in [6.45, 7) is 6.10. The normalized spacial score (nSPS) is 10.1. The number of benzene rings is 1. The minimum Gasteiger partial charge on any atom is -0.241 e. The van der Waals surface area contributed by atoms with Gasteiger partial charge in [0.1, 0.15) is 0 Å². The van der Waals surface area contributed by atoms with Gasteiger partial charge in [0.15, 0.2) is 0 Å². The Morgan fingerprint density at radius 1 is 1.29 bits per heavy atom. The molecule has 0 spiro atoms. The summed E-state index contributed by atoms with van der Waals surface area (Å²) in [5.41, 5.74) is 3.26. The first-order valence-corrected chi connectivity index (χ1v) is 4.54. The zero-order chi connectivity index (χ0) is 9.97. The number of aromatic nitrogens is 2. The van der Waals surface area contributed by atoms with E-state index in [0.29, 0.717) is 0 Å². The highest BCUT2D eigenvalue weighted by Gasteiger charge is 2.03. The van der Waals surface area contributed by atoms with E-state index >= 15 is 0 Å². The van der Waals surface area contributed by atoms with Crippen LogP contribution in [0.1, 0.15) is 11.1 Å². The van der Waals surface area contributed by atoms with Crippen LogP contribution < -0.4 is 0 Å². The van der Waals surface area contributed by atoms with Crippen molar-refractivity contribution in [1.29, 1.82) is 0 Å². The van der Waals surface area contributed by atoms with Crippen molar-refractivity contribution in [1.82, 2.24) is 9.78 Å². The first-order valence-electron chi connectivity index (χ1n) is 4.54. The molecule has 2 heteroatoms. The molecule has 0 aliphatic carbocycles. The molecule has 0 bridgehead atoms. The first-order chi connectivity index (χ1) is 6.79. The van der Waals surface area contributed by atoms with E-state index < -0.39 is 0 Å². The topological polar surface area (TPSA) is 17.8 Å². The highest BCUT2D eigenvalue weighted by atomic mass is 15.3. The number of rotatable bonds is 2. The highest BCUT2D eigenvalue weighted by Crippen LogP contribution is 2.17. The summed E-state index contributed by atoms with van der Waals surface area (Å²) in [5.74, 6) is 0. The second kappa shape index (κ2) is 3.50. The molecule has 2 rings (SSSR count). The van der Waals surface area contributed by atoms with Crippen molar-refractivity contribution in [2.45, 2.75) is 6.92 Å². The molecule has 14 heavy (non-hydrogen) atoms. The van der Waals surface area contributed by atoms with Crippen LogP contribution in [0.2, 0.25) is 0 Å². The van der Waals surface area contributed by atoms with Gasteiger partial charge in [0.05, 0.1) is 5.70 Å². The minimum absolute atomic E-state index is 0.910. The van der Waals surface area contributed by atoms with Gasteiger partial charge in [-0.2, -0.15) is 5.10 Å². The van der Waals surface area contributed by atoms with E-state index in [1.165, 1.54) is 5.56 Å². The predicted molar refractivity (Wildman–Crippen MR) is 57.8 cm³/mol. The summed E-state index contributed by atoms with van der Waals surface area (Å²) in [6.07, 6.45) is 3.65. The van der Waals surface area contributed by atoms with Crippen LogP contribution in [0.3, 0.4) is 0 Å². The summed E-state index contributed by atoms with van der Waals surface area (Å²) < 4.78 is 1.78. The quantitative estimate of drug-likeness (QED) is 0.701. The van der Waals surface area contributed by atoms with Crippen LogP contribution >= 0.6 is 0 Å². The van der Waals surface area contributed by atoms with Gasteiger partial charge in [0, 0.05) is 18.0 Å². The van der Waals surface area contributed by atoms with Gasteiger partial charge in [0.2, 0.25) is 0 Å². The van der Waals surface area contributed by atoms with E-state index in [1.54, 1.807) is 10.9 Å². The lowest BCUT2D eigenvalue weighted by Gasteiger charge is -2.08. The van der Waals surface area contributed by atoms with Gasteiger partial charge in [-0.15, -0.1) is 0 Å². The molecule has 0 N–H and O–H groups in total. The predicted octanol–water partition coefficient (Wildman–Crippen LogP) is 2.71. The Kier molecular flexibility index (Phi) is 2.19. The molecule has 1 heterocycles. The number of hydrogen-bond acceptors (Lipinski definition) is 1. The van der Waals surface area contributed by atoms with Crippen LogP contribution in [0, 0.1) is 6.92 Å².